The van der Waals surface area contributed by atoms with Crippen molar-refractivity contribution in [3.8, 4) is 5.75 Å². The van der Waals surface area contributed by atoms with Crippen LogP contribution in [0, 0.1) is 0 Å². The van der Waals surface area contributed by atoms with Gasteiger partial charge in [0.15, 0.2) is 0 Å². The molecule has 2 rings (SSSR count). The molecule has 0 aliphatic rings. The van der Waals surface area contributed by atoms with E-state index >= 15 is 0 Å². The summed E-state index contributed by atoms with van der Waals surface area (Å²) in [5.74, 6) is 0.221. The summed E-state index contributed by atoms with van der Waals surface area (Å²) in [5.41, 5.74) is 2.77. The van der Waals surface area contributed by atoms with Crippen LogP contribution in [0.15, 0.2) is 48.5 Å². The minimum Gasteiger partial charge on any atom is -0.383 e. The molecular weight excluding hydrogens is 374 g/mol. The highest BCUT2D eigenvalue weighted by Crippen LogP contribution is 2.23. The van der Waals surface area contributed by atoms with Gasteiger partial charge in [-0.2, -0.15) is 8.42 Å². The van der Waals surface area contributed by atoms with Crippen LogP contribution in [0.1, 0.15) is 56.1 Å². The summed E-state index contributed by atoms with van der Waals surface area (Å²) in [6.45, 7) is 10.8. The normalized spacial score (nSPS) is 12.1. The quantitative estimate of drug-likeness (QED) is 0.672. The van der Waals surface area contributed by atoms with Crippen LogP contribution in [-0.4, -0.2) is 31.5 Å². The molecule has 0 aromatic heterocycles. The zero-order chi connectivity index (χ0) is 21.1. The van der Waals surface area contributed by atoms with Gasteiger partial charge in [0.2, 0.25) is 0 Å². The van der Waals surface area contributed by atoms with Crippen molar-refractivity contribution in [1.29, 1.82) is 0 Å². The van der Waals surface area contributed by atoms with Crippen LogP contribution in [0.2, 0.25) is 0 Å². The zero-order valence-electron chi connectivity index (χ0n) is 17.4. The molecule has 0 radical (unpaired) electrons. The van der Waals surface area contributed by atoms with Crippen molar-refractivity contribution in [1.82, 2.24) is 4.90 Å². The summed E-state index contributed by atoms with van der Waals surface area (Å²) in [5, 5.41) is 0. The average molecular weight is 404 g/mol. The Hall–Kier alpha value is -2.34. The van der Waals surface area contributed by atoms with E-state index in [4.69, 9.17) is 4.18 Å². The summed E-state index contributed by atoms with van der Waals surface area (Å²) in [7, 11) is -3.55. The number of nitrogens with zero attached hydrogens (tertiary/aromatic N) is 1. The minimum absolute atomic E-state index is 0.0155. The van der Waals surface area contributed by atoms with E-state index in [2.05, 4.69) is 20.8 Å². The van der Waals surface area contributed by atoms with Crippen LogP contribution < -0.4 is 4.18 Å². The molecule has 28 heavy (non-hydrogen) atoms. The summed E-state index contributed by atoms with van der Waals surface area (Å²) in [4.78, 5) is 14.8. The largest absolute Gasteiger partial charge is 0.383 e. The lowest BCUT2D eigenvalue weighted by molar-refractivity contribution is 0.0690. The summed E-state index contributed by atoms with van der Waals surface area (Å²) in [6, 6.07) is 14.5. The van der Waals surface area contributed by atoms with Gasteiger partial charge in [-0.05, 0) is 54.7 Å². The van der Waals surface area contributed by atoms with Gasteiger partial charge in [-0.1, -0.05) is 45.0 Å². The van der Waals surface area contributed by atoms with Crippen molar-refractivity contribution in [3.63, 3.8) is 0 Å². The summed E-state index contributed by atoms with van der Waals surface area (Å²) >= 11 is 0. The molecule has 152 valence electrons. The van der Waals surface area contributed by atoms with Crippen LogP contribution in [-0.2, 0) is 22.1 Å². The predicted molar refractivity (Wildman–Crippen MR) is 112 cm³/mol. The van der Waals surface area contributed by atoms with Crippen molar-refractivity contribution in [2.45, 2.75) is 52.6 Å². The van der Waals surface area contributed by atoms with Gasteiger partial charge in [0.05, 0.1) is 6.26 Å². The lowest BCUT2D eigenvalue weighted by Crippen LogP contribution is -2.36. The fourth-order valence-electron chi connectivity index (χ4n) is 2.79. The molecule has 1 amide bonds. The molecular formula is C22H29NO4S. The molecule has 0 unspecified atom stereocenters. The molecule has 0 heterocycles. The highest BCUT2D eigenvalue weighted by molar-refractivity contribution is 7.86. The lowest BCUT2D eigenvalue weighted by Gasteiger charge is -2.27. The predicted octanol–water partition coefficient (Wildman–Crippen LogP) is 4.37. The van der Waals surface area contributed by atoms with E-state index in [1.54, 1.807) is 29.2 Å². The van der Waals surface area contributed by atoms with E-state index in [1.165, 1.54) is 5.56 Å². The summed E-state index contributed by atoms with van der Waals surface area (Å²) < 4.78 is 27.3. The monoisotopic (exact) mass is 403 g/mol. The highest BCUT2D eigenvalue weighted by Gasteiger charge is 2.20. The van der Waals surface area contributed by atoms with Crippen molar-refractivity contribution >= 4 is 16.0 Å². The molecule has 0 aliphatic heterocycles. The Bertz CT molecular complexity index is 909. The molecule has 0 spiro atoms. The second kappa shape index (κ2) is 8.35. The third-order valence-corrected chi connectivity index (χ3v) is 4.90. The van der Waals surface area contributed by atoms with E-state index in [1.807, 2.05) is 38.1 Å². The van der Waals surface area contributed by atoms with E-state index in [0.717, 1.165) is 11.8 Å². The molecule has 2 aromatic carbocycles. The Balaban J connectivity index is 2.17. The van der Waals surface area contributed by atoms with Gasteiger partial charge in [0.25, 0.3) is 5.91 Å². The second-order valence-corrected chi connectivity index (χ2v) is 9.86. The van der Waals surface area contributed by atoms with Gasteiger partial charge >= 0.3 is 10.1 Å². The van der Waals surface area contributed by atoms with Gasteiger partial charge < -0.3 is 9.08 Å². The number of hydrogen-bond donors (Lipinski definition) is 0. The second-order valence-electron chi connectivity index (χ2n) is 8.29. The van der Waals surface area contributed by atoms with Gasteiger partial charge in [0, 0.05) is 18.2 Å². The first-order valence-electron chi connectivity index (χ1n) is 9.27. The van der Waals surface area contributed by atoms with Crippen molar-refractivity contribution < 1.29 is 17.4 Å². The molecule has 6 heteroatoms. The number of rotatable bonds is 6. The van der Waals surface area contributed by atoms with Crippen LogP contribution in [0.4, 0.5) is 0 Å². The molecule has 0 atom stereocenters. The molecule has 0 N–H and O–H groups in total. The van der Waals surface area contributed by atoms with E-state index < -0.39 is 10.1 Å². The third-order valence-electron chi connectivity index (χ3n) is 4.41. The first-order valence-corrected chi connectivity index (χ1v) is 11.1. The molecule has 2 aromatic rings. The molecule has 0 aliphatic carbocycles. The van der Waals surface area contributed by atoms with Crippen molar-refractivity contribution in [3.05, 3.63) is 65.2 Å². The zero-order valence-corrected chi connectivity index (χ0v) is 18.2. The number of benzene rings is 2. The van der Waals surface area contributed by atoms with Gasteiger partial charge in [-0.3, -0.25) is 4.79 Å². The fraction of sp³-hybridized carbons (Fsp3) is 0.409. The van der Waals surface area contributed by atoms with Gasteiger partial charge in [0.1, 0.15) is 5.75 Å². The van der Waals surface area contributed by atoms with Crippen LogP contribution in [0.5, 0.6) is 5.75 Å². The smallest absolute Gasteiger partial charge is 0.306 e. The van der Waals surface area contributed by atoms with Crippen LogP contribution in [0.25, 0.3) is 0 Å². The van der Waals surface area contributed by atoms with Gasteiger partial charge in [-0.25, -0.2) is 0 Å². The Kier molecular flexibility index (Phi) is 6.55. The maximum atomic E-state index is 13.0. The maximum absolute atomic E-state index is 13.0. The average Bonchev–Trinajstić information content (AvgIpc) is 2.58. The fourth-order valence-corrected chi connectivity index (χ4v) is 3.25. The number of amides is 1. The maximum Gasteiger partial charge on any atom is 0.306 e. The Morgan fingerprint density at radius 3 is 1.96 bits per heavy atom. The highest BCUT2D eigenvalue weighted by atomic mass is 32.2. The molecule has 0 saturated heterocycles. The number of carbonyl (C=O) groups is 1. The lowest BCUT2D eigenvalue weighted by atomic mass is 9.86. The molecule has 0 saturated carbocycles. The molecule has 0 fully saturated rings. The number of carbonyl (C=O) groups excluding carboxylic acids is 1. The van der Waals surface area contributed by atoms with Crippen LogP contribution in [0.3, 0.4) is 0 Å². The van der Waals surface area contributed by atoms with Crippen molar-refractivity contribution in [2.75, 3.05) is 6.26 Å². The Labute approximate surface area is 168 Å². The topological polar surface area (TPSA) is 63.7 Å². The van der Waals surface area contributed by atoms with Gasteiger partial charge in [-0.15, -0.1) is 0 Å². The van der Waals surface area contributed by atoms with E-state index in [-0.39, 0.29) is 23.1 Å². The Morgan fingerprint density at radius 2 is 1.54 bits per heavy atom. The standard InChI is InChI=1S/C22H29NO4S/c1-16(2)23(15-17-7-13-20(14-8-17)27-28(6,25)26)21(24)18-9-11-19(12-10-18)22(3,4)5/h7-14,16H,15H2,1-6H3. The van der Waals surface area contributed by atoms with Crippen LogP contribution >= 0.6 is 0 Å². The summed E-state index contributed by atoms with van der Waals surface area (Å²) in [6.07, 6.45) is 1.00. The van der Waals surface area contributed by atoms with Crippen molar-refractivity contribution in [2.24, 2.45) is 0 Å². The number of hydrogen-bond acceptors (Lipinski definition) is 4. The third kappa shape index (κ3) is 6.09. The van der Waals surface area contributed by atoms with E-state index in [0.29, 0.717) is 12.1 Å². The SMILES string of the molecule is CC(C)N(Cc1ccc(OS(C)(=O)=O)cc1)C(=O)c1ccc(C(C)(C)C)cc1. The Morgan fingerprint density at radius 1 is 1.00 bits per heavy atom. The molecule has 0 bridgehead atoms. The first kappa shape index (κ1) is 22.0. The minimum atomic E-state index is -3.55. The first-order chi connectivity index (χ1) is 12.9. The molecule has 5 nitrogen and oxygen atoms in total. The van der Waals surface area contributed by atoms with E-state index in [9.17, 15) is 13.2 Å².